The number of rotatable bonds is 7. The van der Waals surface area contributed by atoms with Crippen LogP contribution in [0.15, 0.2) is 4.99 Å². The quantitative estimate of drug-likeness (QED) is 0.427. The van der Waals surface area contributed by atoms with Gasteiger partial charge in [-0.05, 0) is 31.6 Å². The number of amides is 1. The first-order valence-electron chi connectivity index (χ1n) is 9.74. The summed E-state index contributed by atoms with van der Waals surface area (Å²) in [6.45, 7) is 1.65. The van der Waals surface area contributed by atoms with E-state index in [9.17, 15) is 4.79 Å². The van der Waals surface area contributed by atoms with Gasteiger partial charge in [0.15, 0.2) is 5.96 Å². The van der Waals surface area contributed by atoms with E-state index < -0.39 is 0 Å². The third kappa shape index (κ3) is 5.12. The molecule has 5 nitrogen and oxygen atoms in total. The molecular weight excluding hydrogens is 300 g/mol. The molecule has 0 aliphatic heterocycles. The highest BCUT2D eigenvalue weighted by molar-refractivity contribution is 5.85. The molecule has 2 aliphatic rings. The molecule has 2 N–H and O–H groups in total. The normalized spacial score (nSPS) is 21.0. The van der Waals surface area contributed by atoms with Crippen LogP contribution < -0.4 is 10.6 Å². The van der Waals surface area contributed by atoms with E-state index in [2.05, 4.69) is 15.6 Å². The molecular formula is C19H36N4O. The second-order valence-electron chi connectivity index (χ2n) is 7.83. The van der Waals surface area contributed by atoms with Gasteiger partial charge in [-0.25, -0.2) is 0 Å². The van der Waals surface area contributed by atoms with Crippen LogP contribution >= 0.6 is 0 Å². The van der Waals surface area contributed by atoms with Gasteiger partial charge in [-0.3, -0.25) is 9.79 Å². The number of hydrogen-bond acceptors (Lipinski definition) is 2. The summed E-state index contributed by atoms with van der Waals surface area (Å²) in [7, 11) is 5.53. The molecule has 2 rings (SSSR count). The van der Waals surface area contributed by atoms with E-state index in [0.717, 1.165) is 44.1 Å². The standard InChI is InChI=1S/C19H36N4O/c1-20-18(21-14-8-11-16-9-4-5-10-16)22-15-19(12-6-7-13-19)17(24)23(2)3/h16H,4-15H2,1-3H3,(H2,20,21,22). The van der Waals surface area contributed by atoms with E-state index in [4.69, 9.17) is 0 Å². The Labute approximate surface area is 147 Å². The Hall–Kier alpha value is -1.26. The minimum Gasteiger partial charge on any atom is -0.356 e. The summed E-state index contributed by atoms with van der Waals surface area (Å²) in [5.41, 5.74) is -0.245. The van der Waals surface area contributed by atoms with Crippen LogP contribution in [0.1, 0.15) is 64.2 Å². The molecule has 2 saturated carbocycles. The van der Waals surface area contributed by atoms with Crippen molar-refractivity contribution in [1.29, 1.82) is 0 Å². The summed E-state index contributed by atoms with van der Waals surface area (Å²) in [6.07, 6.45) is 12.5. The smallest absolute Gasteiger partial charge is 0.230 e. The summed E-state index contributed by atoms with van der Waals surface area (Å²) in [5, 5.41) is 6.82. The summed E-state index contributed by atoms with van der Waals surface area (Å²) in [6, 6.07) is 0. The van der Waals surface area contributed by atoms with Crippen LogP contribution in [-0.2, 0) is 4.79 Å². The Bertz CT molecular complexity index is 421. The number of aliphatic imine (C=N–C) groups is 1. The number of carbonyl (C=O) groups is 1. The Morgan fingerprint density at radius 2 is 1.79 bits per heavy atom. The molecule has 0 aromatic carbocycles. The van der Waals surface area contributed by atoms with Crippen molar-refractivity contribution in [3.8, 4) is 0 Å². The molecule has 138 valence electrons. The van der Waals surface area contributed by atoms with Gasteiger partial charge in [-0.15, -0.1) is 0 Å². The number of carbonyl (C=O) groups excluding carboxylic acids is 1. The van der Waals surface area contributed by atoms with Gasteiger partial charge in [0.1, 0.15) is 0 Å². The van der Waals surface area contributed by atoms with Crippen molar-refractivity contribution >= 4 is 11.9 Å². The Morgan fingerprint density at radius 3 is 2.38 bits per heavy atom. The Morgan fingerprint density at radius 1 is 1.12 bits per heavy atom. The molecule has 0 bridgehead atoms. The summed E-state index contributed by atoms with van der Waals surface area (Å²) in [4.78, 5) is 18.7. The van der Waals surface area contributed by atoms with Crippen molar-refractivity contribution in [2.45, 2.75) is 64.2 Å². The van der Waals surface area contributed by atoms with Gasteiger partial charge in [-0.1, -0.05) is 38.5 Å². The average molecular weight is 337 g/mol. The second-order valence-corrected chi connectivity index (χ2v) is 7.83. The topological polar surface area (TPSA) is 56.7 Å². The fourth-order valence-electron chi connectivity index (χ4n) is 4.36. The number of nitrogens with one attached hydrogen (secondary N) is 2. The van der Waals surface area contributed by atoms with E-state index in [1.165, 1.54) is 38.5 Å². The van der Waals surface area contributed by atoms with Crippen molar-refractivity contribution < 1.29 is 4.79 Å². The molecule has 0 aromatic rings. The SMILES string of the molecule is CN=C(NCCCC1CCCC1)NCC1(C(=O)N(C)C)CCCC1. The van der Waals surface area contributed by atoms with Crippen LogP contribution in [0.5, 0.6) is 0 Å². The van der Waals surface area contributed by atoms with E-state index >= 15 is 0 Å². The van der Waals surface area contributed by atoms with Crippen LogP contribution in [0, 0.1) is 11.3 Å². The fraction of sp³-hybridized carbons (Fsp3) is 0.895. The monoisotopic (exact) mass is 336 g/mol. The molecule has 0 atom stereocenters. The largest absolute Gasteiger partial charge is 0.356 e. The first-order chi connectivity index (χ1) is 11.6. The minimum atomic E-state index is -0.245. The Kier molecular flexibility index (Phi) is 7.38. The molecule has 1 amide bonds. The van der Waals surface area contributed by atoms with Gasteiger partial charge in [-0.2, -0.15) is 0 Å². The molecule has 0 radical (unpaired) electrons. The van der Waals surface area contributed by atoms with Gasteiger partial charge < -0.3 is 15.5 Å². The van der Waals surface area contributed by atoms with Crippen LogP contribution in [0.3, 0.4) is 0 Å². The highest BCUT2D eigenvalue weighted by Crippen LogP contribution is 2.38. The second kappa shape index (κ2) is 9.28. The van der Waals surface area contributed by atoms with E-state index in [0.29, 0.717) is 6.54 Å². The molecule has 0 aromatic heterocycles. The maximum absolute atomic E-state index is 12.6. The van der Waals surface area contributed by atoms with Gasteiger partial charge in [0.05, 0.1) is 5.41 Å². The number of nitrogens with zero attached hydrogens (tertiary/aromatic N) is 2. The third-order valence-electron chi connectivity index (χ3n) is 5.79. The molecule has 0 heterocycles. The molecule has 2 fully saturated rings. The van der Waals surface area contributed by atoms with Gasteiger partial charge in [0.25, 0.3) is 0 Å². The Balaban J connectivity index is 1.74. The first-order valence-corrected chi connectivity index (χ1v) is 9.74. The molecule has 24 heavy (non-hydrogen) atoms. The summed E-state index contributed by atoms with van der Waals surface area (Å²) in [5.74, 6) is 2.03. The van der Waals surface area contributed by atoms with Gasteiger partial charge in [0.2, 0.25) is 5.91 Å². The third-order valence-corrected chi connectivity index (χ3v) is 5.79. The lowest BCUT2D eigenvalue weighted by atomic mass is 9.84. The molecule has 5 heteroatoms. The predicted molar refractivity (Wildman–Crippen MR) is 100 cm³/mol. The molecule has 2 aliphatic carbocycles. The fourth-order valence-corrected chi connectivity index (χ4v) is 4.36. The van der Waals surface area contributed by atoms with Crippen LogP contribution in [0.4, 0.5) is 0 Å². The lowest BCUT2D eigenvalue weighted by Crippen LogP contribution is -2.49. The van der Waals surface area contributed by atoms with E-state index in [-0.39, 0.29) is 11.3 Å². The van der Waals surface area contributed by atoms with Crippen molar-refractivity contribution in [2.24, 2.45) is 16.3 Å². The molecule has 0 saturated heterocycles. The summed E-state index contributed by atoms with van der Waals surface area (Å²) < 4.78 is 0. The number of hydrogen-bond donors (Lipinski definition) is 2. The van der Waals surface area contributed by atoms with Crippen LogP contribution in [0.2, 0.25) is 0 Å². The minimum absolute atomic E-state index is 0.245. The van der Waals surface area contributed by atoms with Crippen molar-refractivity contribution in [2.75, 3.05) is 34.2 Å². The van der Waals surface area contributed by atoms with Crippen molar-refractivity contribution in [1.82, 2.24) is 15.5 Å². The van der Waals surface area contributed by atoms with Crippen LogP contribution in [0.25, 0.3) is 0 Å². The van der Waals surface area contributed by atoms with Crippen molar-refractivity contribution in [3.63, 3.8) is 0 Å². The summed E-state index contributed by atoms with van der Waals surface area (Å²) >= 11 is 0. The highest BCUT2D eigenvalue weighted by Gasteiger charge is 2.42. The van der Waals surface area contributed by atoms with Gasteiger partial charge in [0, 0.05) is 34.2 Å². The van der Waals surface area contributed by atoms with Crippen LogP contribution in [-0.4, -0.2) is 51.0 Å². The van der Waals surface area contributed by atoms with Gasteiger partial charge >= 0.3 is 0 Å². The lowest BCUT2D eigenvalue weighted by molar-refractivity contribution is -0.138. The lowest BCUT2D eigenvalue weighted by Gasteiger charge is -2.31. The highest BCUT2D eigenvalue weighted by atomic mass is 16.2. The van der Waals surface area contributed by atoms with Crippen molar-refractivity contribution in [3.05, 3.63) is 0 Å². The zero-order valence-electron chi connectivity index (χ0n) is 15.9. The zero-order chi connectivity index (χ0) is 17.4. The zero-order valence-corrected chi connectivity index (χ0v) is 15.9. The maximum Gasteiger partial charge on any atom is 0.230 e. The predicted octanol–water partition coefficient (Wildman–Crippen LogP) is 2.77. The first kappa shape index (κ1) is 19.1. The maximum atomic E-state index is 12.6. The average Bonchev–Trinajstić information content (AvgIpc) is 3.25. The molecule has 0 spiro atoms. The van der Waals surface area contributed by atoms with E-state index in [1.54, 1.807) is 11.9 Å². The van der Waals surface area contributed by atoms with E-state index in [1.807, 2.05) is 14.1 Å². The number of guanidine groups is 1. The molecule has 0 unspecified atom stereocenters.